The fourth-order valence-electron chi connectivity index (χ4n) is 4.90. The average molecular weight is 530 g/mol. The Kier molecular flexibility index (Phi) is 8.29. The quantitative estimate of drug-likeness (QED) is 0.201. The molecule has 39 heavy (non-hydrogen) atoms. The number of para-hydroxylation sites is 1. The van der Waals surface area contributed by atoms with E-state index in [0.29, 0.717) is 28.4 Å². The number of ether oxygens (including phenoxy) is 3. The smallest absolute Gasteiger partial charge is 0.295 e. The van der Waals surface area contributed by atoms with Gasteiger partial charge < -0.3 is 24.2 Å². The molecule has 1 atom stereocenters. The summed E-state index contributed by atoms with van der Waals surface area (Å²) in [5.74, 6) is 0.431. The van der Waals surface area contributed by atoms with E-state index in [4.69, 9.17) is 14.2 Å². The molecule has 4 rings (SSSR count). The van der Waals surface area contributed by atoms with E-state index >= 15 is 0 Å². The van der Waals surface area contributed by atoms with Crippen LogP contribution in [0, 0.1) is 0 Å². The van der Waals surface area contributed by atoms with Crippen LogP contribution in [0.4, 0.5) is 0 Å². The number of carbonyl (C=O) groups is 2. The van der Waals surface area contributed by atoms with Crippen molar-refractivity contribution < 1.29 is 28.9 Å². The van der Waals surface area contributed by atoms with E-state index in [0.717, 1.165) is 11.1 Å². The zero-order chi connectivity index (χ0) is 28.3. The Balaban J connectivity index is 1.87. The number of hydrogen-bond donors (Lipinski definition) is 1. The van der Waals surface area contributed by atoms with E-state index in [1.54, 1.807) is 26.4 Å². The summed E-state index contributed by atoms with van der Waals surface area (Å²) in [6.45, 7) is 8.05. The summed E-state index contributed by atoms with van der Waals surface area (Å²) in [7, 11) is 3.16. The minimum Gasteiger partial charge on any atom is -0.507 e. The summed E-state index contributed by atoms with van der Waals surface area (Å²) in [5.41, 5.74) is 2.79. The van der Waals surface area contributed by atoms with Crippen LogP contribution in [0.15, 0.2) is 72.3 Å². The maximum Gasteiger partial charge on any atom is 0.295 e. The average Bonchev–Trinajstić information content (AvgIpc) is 3.17. The Hall–Kier alpha value is -4.26. The van der Waals surface area contributed by atoms with Crippen molar-refractivity contribution in [3.8, 4) is 17.2 Å². The van der Waals surface area contributed by atoms with Crippen molar-refractivity contribution in [1.29, 1.82) is 0 Å². The van der Waals surface area contributed by atoms with Crippen LogP contribution in [0.1, 0.15) is 61.9 Å². The van der Waals surface area contributed by atoms with Gasteiger partial charge in [-0.1, -0.05) is 44.2 Å². The van der Waals surface area contributed by atoms with Gasteiger partial charge in [-0.05, 0) is 67.3 Å². The van der Waals surface area contributed by atoms with Gasteiger partial charge in [-0.3, -0.25) is 9.59 Å². The van der Waals surface area contributed by atoms with Gasteiger partial charge in [0.2, 0.25) is 0 Å². The van der Waals surface area contributed by atoms with Gasteiger partial charge in [0.25, 0.3) is 11.7 Å². The first-order chi connectivity index (χ1) is 18.7. The largest absolute Gasteiger partial charge is 0.507 e. The first-order valence-electron chi connectivity index (χ1n) is 13.0. The Morgan fingerprint density at radius 1 is 0.897 bits per heavy atom. The van der Waals surface area contributed by atoms with Crippen LogP contribution in [0.5, 0.6) is 17.2 Å². The van der Waals surface area contributed by atoms with Gasteiger partial charge in [0.1, 0.15) is 23.0 Å². The molecule has 204 valence electrons. The standard InChI is InChI=1S/C32H35NO6/c1-19(2)25-17-22(13-16-27(25)38-6)30(34)28-29(21-11-14-24(15-12-21)39-20(3)4)33(32(36)31(28)35)18-23-9-7-8-10-26(23)37-5/h7-17,19-20,29,34H,18H2,1-6H3/b30-28-. The molecule has 1 saturated heterocycles. The summed E-state index contributed by atoms with van der Waals surface area (Å²) >= 11 is 0. The molecule has 0 radical (unpaired) electrons. The molecular weight excluding hydrogens is 494 g/mol. The first kappa shape index (κ1) is 27.8. The van der Waals surface area contributed by atoms with Gasteiger partial charge in [-0.2, -0.15) is 0 Å². The number of carbonyl (C=O) groups excluding carboxylic acids is 2. The predicted octanol–water partition coefficient (Wildman–Crippen LogP) is 6.24. The summed E-state index contributed by atoms with van der Waals surface area (Å²) in [4.78, 5) is 28.5. The lowest BCUT2D eigenvalue weighted by Crippen LogP contribution is -2.29. The number of methoxy groups -OCH3 is 2. The second-order valence-corrected chi connectivity index (χ2v) is 10.1. The Morgan fingerprint density at radius 2 is 1.56 bits per heavy atom. The van der Waals surface area contributed by atoms with E-state index in [1.165, 1.54) is 4.90 Å². The number of aliphatic hydroxyl groups is 1. The van der Waals surface area contributed by atoms with Crippen molar-refractivity contribution in [1.82, 2.24) is 4.90 Å². The molecule has 1 aliphatic heterocycles. The molecule has 1 N–H and O–H groups in total. The van der Waals surface area contributed by atoms with E-state index in [9.17, 15) is 14.7 Å². The maximum absolute atomic E-state index is 13.5. The molecule has 1 aliphatic rings. The fraction of sp³-hybridized carbons (Fsp3) is 0.312. The lowest BCUT2D eigenvalue weighted by Gasteiger charge is -2.26. The van der Waals surface area contributed by atoms with E-state index in [-0.39, 0.29) is 29.9 Å². The normalized spacial score (nSPS) is 16.7. The number of amides is 1. The van der Waals surface area contributed by atoms with Gasteiger partial charge in [0.05, 0.1) is 38.5 Å². The lowest BCUT2D eigenvalue weighted by molar-refractivity contribution is -0.140. The molecule has 1 heterocycles. The monoisotopic (exact) mass is 529 g/mol. The molecule has 1 fully saturated rings. The van der Waals surface area contributed by atoms with Gasteiger partial charge in [0, 0.05) is 11.1 Å². The highest BCUT2D eigenvalue weighted by Gasteiger charge is 2.46. The molecule has 7 nitrogen and oxygen atoms in total. The highest BCUT2D eigenvalue weighted by molar-refractivity contribution is 6.46. The van der Waals surface area contributed by atoms with E-state index in [2.05, 4.69) is 0 Å². The summed E-state index contributed by atoms with van der Waals surface area (Å²) in [5, 5.41) is 11.6. The van der Waals surface area contributed by atoms with E-state index < -0.39 is 17.7 Å². The maximum atomic E-state index is 13.5. The number of aliphatic hydroxyl groups excluding tert-OH is 1. The third-order valence-corrected chi connectivity index (χ3v) is 6.77. The molecule has 1 unspecified atom stereocenters. The molecule has 0 spiro atoms. The number of benzene rings is 3. The number of Topliss-reactive ketones (excluding diaryl/α,β-unsaturated/α-hetero) is 1. The zero-order valence-corrected chi connectivity index (χ0v) is 23.2. The molecule has 1 amide bonds. The lowest BCUT2D eigenvalue weighted by atomic mass is 9.93. The number of likely N-dealkylation sites (tertiary alicyclic amines) is 1. The highest BCUT2D eigenvalue weighted by atomic mass is 16.5. The fourth-order valence-corrected chi connectivity index (χ4v) is 4.90. The van der Waals surface area contributed by atoms with Crippen molar-refractivity contribution >= 4 is 17.4 Å². The van der Waals surface area contributed by atoms with Crippen LogP contribution < -0.4 is 14.2 Å². The molecule has 0 aromatic heterocycles. The van der Waals surface area contributed by atoms with Gasteiger partial charge in [-0.15, -0.1) is 0 Å². The van der Waals surface area contributed by atoms with Crippen molar-refractivity contribution in [3.05, 3.63) is 94.6 Å². The summed E-state index contributed by atoms with van der Waals surface area (Å²) in [6.07, 6.45) is -0.00254. The van der Waals surface area contributed by atoms with Crippen molar-refractivity contribution in [2.75, 3.05) is 14.2 Å². The number of hydrogen-bond acceptors (Lipinski definition) is 6. The van der Waals surface area contributed by atoms with Crippen LogP contribution in [0.25, 0.3) is 5.76 Å². The Morgan fingerprint density at radius 3 is 2.18 bits per heavy atom. The topological polar surface area (TPSA) is 85.3 Å². The van der Waals surface area contributed by atoms with Gasteiger partial charge in [-0.25, -0.2) is 0 Å². The Labute approximate surface area is 229 Å². The third kappa shape index (κ3) is 5.62. The SMILES string of the molecule is COc1ccccc1CN1C(=O)C(=O)/C(=C(\O)c2ccc(OC)c(C(C)C)c2)C1c1ccc(OC(C)C)cc1. The predicted molar refractivity (Wildman–Crippen MR) is 150 cm³/mol. The van der Waals surface area contributed by atoms with Crippen molar-refractivity contribution in [2.24, 2.45) is 0 Å². The number of ketones is 1. The zero-order valence-electron chi connectivity index (χ0n) is 23.2. The van der Waals surface area contributed by atoms with Crippen molar-refractivity contribution in [3.63, 3.8) is 0 Å². The van der Waals surface area contributed by atoms with Gasteiger partial charge in [0.15, 0.2) is 0 Å². The minimum atomic E-state index is -0.812. The highest BCUT2D eigenvalue weighted by Crippen LogP contribution is 2.42. The van der Waals surface area contributed by atoms with Crippen LogP contribution in [0.3, 0.4) is 0 Å². The number of rotatable bonds is 9. The second kappa shape index (κ2) is 11.6. The third-order valence-electron chi connectivity index (χ3n) is 6.77. The molecular formula is C32H35NO6. The minimum absolute atomic E-state index is 0.00254. The van der Waals surface area contributed by atoms with Gasteiger partial charge >= 0.3 is 0 Å². The molecule has 3 aromatic rings. The first-order valence-corrected chi connectivity index (χ1v) is 13.0. The Bertz CT molecular complexity index is 1390. The second-order valence-electron chi connectivity index (χ2n) is 10.1. The van der Waals surface area contributed by atoms with Crippen molar-refractivity contribution in [2.45, 2.75) is 52.3 Å². The molecule has 0 saturated carbocycles. The molecule has 0 bridgehead atoms. The van der Waals surface area contributed by atoms with Crippen LogP contribution in [-0.4, -0.2) is 42.0 Å². The molecule has 3 aromatic carbocycles. The van der Waals surface area contributed by atoms with Crippen LogP contribution in [0.2, 0.25) is 0 Å². The summed E-state index contributed by atoms with van der Waals surface area (Å²) < 4.78 is 16.8. The molecule has 7 heteroatoms. The summed E-state index contributed by atoms with van der Waals surface area (Å²) in [6, 6.07) is 19.1. The number of nitrogens with zero attached hydrogens (tertiary/aromatic N) is 1. The van der Waals surface area contributed by atoms with Crippen LogP contribution >= 0.6 is 0 Å². The van der Waals surface area contributed by atoms with E-state index in [1.807, 2.05) is 82.3 Å². The molecule has 0 aliphatic carbocycles. The van der Waals surface area contributed by atoms with Crippen LogP contribution in [-0.2, 0) is 16.1 Å².